The van der Waals surface area contributed by atoms with Crippen molar-refractivity contribution in [2.45, 2.75) is 4.90 Å². The third-order valence-electron chi connectivity index (χ3n) is 2.57. The summed E-state index contributed by atoms with van der Waals surface area (Å²) in [6, 6.07) is 4.47. The Morgan fingerprint density at radius 1 is 1.33 bits per heavy atom. The van der Waals surface area contributed by atoms with E-state index < -0.39 is 5.97 Å². The largest absolute Gasteiger partial charge is 0.496 e. The molecule has 0 saturated heterocycles. The highest BCUT2D eigenvalue weighted by atomic mass is 32.1. The number of pyridine rings is 1. The van der Waals surface area contributed by atoms with E-state index in [0.717, 1.165) is 0 Å². The van der Waals surface area contributed by atoms with Gasteiger partial charge in [0.2, 0.25) is 0 Å². The molecule has 2 rings (SSSR count). The van der Waals surface area contributed by atoms with Gasteiger partial charge in [-0.3, -0.25) is 4.79 Å². The van der Waals surface area contributed by atoms with Crippen LogP contribution in [0.15, 0.2) is 27.9 Å². The van der Waals surface area contributed by atoms with Crippen LogP contribution in [0.5, 0.6) is 5.75 Å². The number of carbonyl (C=O) groups excluding carboxylic acids is 1. The fourth-order valence-electron chi connectivity index (χ4n) is 1.67. The average molecular weight is 265 g/mol. The molecule has 0 atom stereocenters. The fraction of sp³-hybridized carbons (Fsp3) is 0.167. The second-order valence-electron chi connectivity index (χ2n) is 3.58. The lowest BCUT2D eigenvalue weighted by Crippen LogP contribution is -2.11. The molecule has 6 heteroatoms. The highest BCUT2D eigenvalue weighted by Gasteiger charge is 2.13. The molecule has 1 N–H and O–H groups in total. The molecule has 0 saturated carbocycles. The molecule has 0 spiro atoms. The maximum Gasteiger partial charge on any atom is 0.354 e. The van der Waals surface area contributed by atoms with Crippen molar-refractivity contribution >= 4 is 29.5 Å². The van der Waals surface area contributed by atoms with Gasteiger partial charge in [-0.2, -0.15) is 0 Å². The molecule has 94 valence electrons. The lowest BCUT2D eigenvalue weighted by atomic mass is 10.2. The third-order valence-corrected chi connectivity index (χ3v) is 3.01. The summed E-state index contributed by atoms with van der Waals surface area (Å²) >= 11 is 4.29. The Kier molecular flexibility index (Phi) is 3.29. The van der Waals surface area contributed by atoms with Crippen molar-refractivity contribution in [1.82, 2.24) is 4.98 Å². The number of benzene rings is 1. The average Bonchev–Trinajstić information content (AvgIpc) is 2.38. The van der Waals surface area contributed by atoms with E-state index in [0.29, 0.717) is 21.5 Å². The smallest absolute Gasteiger partial charge is 0.354 e. The van der Waals surface area contributed by atoms with Crippen LogP contribution in [0.4, 0.5) is 0 Å². The number of methoxy groups -OCH3 is 2. The molecule has 0 unspecified atom stereocenters. The number of aromatic amines is 1. The van der Waals surface area contributed by atoms with Crippen LogP contribution in [0.3, 0.4) is 0 Å². The Balaban J connectivity index is 2.80. The Morgan fingerprint density at radius 2 is 2.06 bits per heavy atom. The summed E-state index contributed by atoms with van der Waals surface area (Å²) in [5.41, 5.74) is 0.256. The molecule has 0 aliphatic heterocycles. The number of thiol groups is 1. The van der Waals surface area contributed by atoms with Gasteiger partial charge in [0.1, 0.15) is 11.4 Å². The Morgan fingerprint density at radius 3 is 2.67 bits per heavy atom. The van der Waals surface area contributed by atoms with Gasteiger partial charge in [0, 0.05) is 11.5 Å². The topological polar surface area (TPSA) is 68.4 Å². The van der Waals surface area contributed by atoms with Gasteiger partial charge in [0.25, 0.3) is 0 Å². The van der Waals surface area contributed by atoms with E-state index in [-0.39, 0.29) is 11.1 Å². The van der Waals surface area contributed by atoms with Crippen molar-refractivity contribution < 1.29 is 14.3 Å². The summed E-state index contributed by atoms with van der Waals surface area (Å²) in [5, 5.41) is 0.438. The molecule has 0 bridgehead atoms. The summed E-state index contributed by atoms with van der Waals surface area (Å²) < 4.78 is 9.68. The minimum atomic E-state index is -0.607. The van der Waals surface area contributed by atoms with Crippen LogP contribution in [0.25, 0.3) is 10.9 Å². The summed E-state index contributed by atoms with van der Waals surface area (Å²) in [5.74, 6) is -0.0898. The Bertz CT molecular complexity index is 678. The Labute approximate surface area is 108 Å². The molecule has 0 fully saturated rings. The van der Waals surface area contributed by atoms with Crippen LogP contribution in [-0.2, 0) is 4.74 Å². The minimum Gasteiger partial charge on any atom is -0.496 e. The zero-order chi connectivity index (χ0) is 13.3. The number of rotatable bonds is 2. The second kappa shape index (κ2) is 4.73. The number of hydrogen-bond acceptors (Lipinski definition) is 5. The second-order valence-corrected chi connectivity index (χ2v) is 4.03. The number of nitrogens with one attached hydrogen (secondary N) is 1. The van der Waals surface area contributed by atoms with Gasteiger partial charge in [0.05, 0.1) is 24.6 Å². The molecular weight excluding hydrogens is 254 g/mol. The van der Waals surface area contributed by atoms with Crippen LogP contribution in [0, 0.1) is 0 Å². The fourth-order valence-corrected chi connectivity index (χ4v) is 2.01. The maximum absolute atomic E-state index is 11.9. The molecule has 1 aromatic heterocycles. The van der Waals surface area contributed by atoms with Gasteiger partial charge in [-0.05, 0) is 12.1 Å². The van der Waals surface area contributed by atoms with Crippen LogP contribution >= 0.6 is 12.6 Å². The van der Waals surface area contributed by atoms with Crippen molar-refractivity contribution in [3.8, 4) is 5.75 Å². The molecular formula is C12H11NO4S. The maximum atomic E-state index is 11.9. The first-order valence-corrected chi connectivity index (χ1v) is 5.54. The van der Waals surface area contributed by atoms with Crippen LogP contribution < -0.4 is 10.2 Å². The van der Waals surface area contributed by atoms with E-state index in [1.165, 1.54) is 20.3 Å². The lowest BCUT2D eigenvalue weighted by Gasteiger charge is -2.08. The molecule has 5 nitrogen and oxygen atoms in total. The van der Waals surface area contributed by atoms with E-state index >= 15 is 0 Å². The van der Waals surface area contributed by atoms with Gasteiger partial charge in [-0.15, -0.1) is 12.6 Å². The summed E-state index contributed by atoms with van der Waals surface area (Å²) in [6.45, 7) is 0. The minimum absolute atomic E-state index is 0.0820. The number of esters is 1. The quantitative estimate of drug-likeness (QED) is 0.639. The molecule has 1 aromatic carbocycles. The van der Waals surface area contributed by atoms with E-state index in [1.807, 2.05) is 0 Å². The van der Waals surface area contributed by atoms with Gasteiger partial charge >= 0.3 is 5.97 Å². The standard InChI is InChI=1S/C12H11NO4S/c1-16-9-4-3-6-8(14)5-7(12(15)17-2)13-10(6)11(9)18/h3-5,18H,1-2H3,(H,13,14). The zero-order valence-corrected chi connectivity index (χ0v) is 10.7. The van der Waals surface area contributed by atoms with E-state index in [1.54, 1.807) is 12.1 Å². The van der Waals surface area contributed by atoms with Crippen LogP contribution in [-0.4, -0.2) is 25.2 Å². The molecule has 0 radical (unpaired) electrons. The summed E-state index contributed by atoms with van der Waals surface area (Å²) in [7, 11) is 2.75. The predicted molar refractivity (Wildman–Crippen MR) is 69.7 cm³/mol. The lowest BCUT2D eigenvalue weighted by molar-refractivity contribution is 0.0594. The van der Waals surface area contributed by atoms with Crippen molar-refractivity contribution in [3.05, 3.63) is 34.1 Å². The summed E-state index contributed by atoms with van der Waals surface area (Å²) in [4.78, 5) is 26.6. The zero-order valence-electron chi connectivity index (χ0n) is 9.81. The Hall–Kier alpha value is -1.95. The number of hydrogen-bond donors (Lipinski definition) is 2. The monoisotopic (exact) mass is 265 g/mol. The van der Waals surface area contributed by atoms with Crippen LogP contribution in [0.1, 0.15) is 10.5 Å². The first kappa shape index (κ1) is 12.5. The number of H-pyrrole nitrogens is 1. The van der Waals surface area contributed by atoms with Crippen molar-refractivity contribution in [1.29, 1.82) is 0 Å². The highest BCUT2D eigenvalue weighted by molar-refractivity contribution is 7.80. The predicted octanol–water partition coefficient (Wildman–Crippen LogP) is 1.61. The molecule has 0 aliphatic carbocycles. The van der Waals surface area contributed by atoms with Gasteiger partial charge in [0.15, 0.2) is 5.43 Å². The van der Waals surface area contributed by atoms with Crippen molar-refractivity contribution in [2.75, 3.05) is 14.2 Å². The molecule has 0 amide bonds. The van der Waals surface area contributed by atoms with Crippen molar-refractivity contribution in [2.24, 2.45) is 0 Å². The normalized spacial score (nSPS) is 10.4. The number of aromatic nitrogens is 1. The first-order valence-electron chi connectivity index (χ1n) is 5.09. The molecule has 0 aliphatic rings. The SMILES string of the molecule is COC(=O)c1cc(=O)c2ccc(OC)c(S)c2[nH]1. The van der Waals surface area contributed by atoms with E-state index in [2.05, 4.69) is 22.3 Å². The van der Waals surface area contributed by atoms with Gasteiger partial charge in [-0.1, -0.05) is 0 Å². The van der Waals surface area contributed by atoms with E-state index in [9.17, 15) is 9.59 Å². The van der Waals surface area contributed by atoms with Gasteiger partial charge < -0.3 is 14.5 Å². The third kappa shape index (κ3) is 1.95. The summed E-state index contributed by atoms with van der Waals surface area (Å²) in [6.07, 6.45) is 0. The molecule has 2 aromatic rings. The number of ether oxygens (including phenoxy) is 2. The molecule has 1 heterocycles. The van der Waals surface area contributed by atoms with Gasteiger partial charge in [-0.25, -0.2) is 4.79 Å². The molecule has 18 heavy (non-hydrogen) atoms. The van der Waals surface area contributed by atoms with Crippen molar-refractivity contribution in [3.63, 3.8) is 0 Å². The number of carbonyl (C=O) groups is 1. The number of fused-ring (bicyclic) bond motifs is 1. The van der Waals surface area contributed by atoms with E-state index in [4.69, 9.17) is 4.74 Å². The highest BCUT2D eigenvalue weighted by Crippen LogP contribution is 2.28. The first-order chi connectivity index (χ1) is 8.58. The van der Waals surface area contributed by atoms with Crippen LogP contribution in [0.2, 0.25) is 0 Å².